The summed E-state index contributed by atoms with van der Waals surface area (Å²) in [4.78, 5) is 42.5. The van der Waals surface area contributed by atoms with Crippen molar-refractivity contribution in [1.29, 1.82) is 0 Å². The molecule has 14 nitrogen and oxygen atoms in total. The molecule has 294 valence electrons. The molecule has 0 aliphatic rings. The molecule has 1 aromatic heterocycles. The molecule has 1 heterocycles. The molecule has 1 atom stereocenters. The van der Waals surface area contributed by atoms with E-state index in [2.05, 4.69) is 20.9 Å². The summed E-state index contributed by atoms with van der Waals surface area (Å²) >= 11 is 0. The van der Waals surface area contributed by atoms with Gasteiger partial charge >= 0.3 is 0 Å². The summed E-state index contributed by atoms with van der Waals surface area (Å²) in [6, 6.07) is 20.5. The van der Waals surface area contributed by atoms with Crippen molar-refractivity contribution in [2.24, 2.45) is 5.73 Å². The molecule has 0 fully saturated rings. The van der Waals surface area contributed by atoms with Gasteiger partial charge in [-0.2, -0.15) is 0 Å². The third kappa shape index (κ3) is 9.79. The Labute approximate surface area is 325 Å². The topological polar surface area (TPSA) is 213 Å². The second-order valence-electron chi connectivity index (χ2n) is 13.3. The highest BCUT2D eigenvalue weighted by Crippen LogP contribution is 2.35. The molecule has 0 aliphatic heterocycles. The lowest BCUT2D eigenvalue weighted by atomic mass is 10.1. The molecule has 5 aromatic rings. The minimum absolute atomic E-state index is 0.0389. The van der Waals surface area contributed by atoms with Gasteiger partial charge < -0.3 is 41.5 Å². The number of benzene rings is 4. The zero-order valence-corrected chi connectivity index (χ0v) is 32.2. The highest BCUT2D eigenvalue weighted by molar-refractivity contribution is 7.91. The van der Waals surface area contributed by atoms with E-state index < -0.39 is 21.8 Å². The largest absolute Gasteiger partial charge is 0.506 e. The van der Waals surface area contributed by atoms with E-state index in [0.717, 1.165) is 25.7 Å². The van der Waals surface area contributed by atoms with Crippen LogP contribution in [0, 0.1) is 6.92 Å². The van der Waals surface area contributed by atoms with Gasteiger partial charge in [0.05, 0.1) is 45.5 Å². The Kier molecular flexibility index (Phi) is 13.6. The molecule has 3 amide bonds. The quantitative estimate of drug-likeness (QED) is 0.0352. The summed E-state index contributed by atoms with van der Waals surface area (Å²) in [7, 11) is -0.925. The summed E-state index contributed by atoms with van der Waals surface area (Å²) in [6.07, 6.45) is 4.35. The first-order chi connectivity index (χ1) is 26.8. The van der Waals surface area contributed by atoms with Crippen LogP contribution in [0.15, 0.2) is 94.9 Å². The molecule has 0 spiro atoms. The molecule has 0 saturated heterocycles. The first kappa shape index (κ1) is 41.1. The maximum atomic E-state index is 14.1. The first-order valence-electron chi connectivity index (χ1n) is 18.0. The smallest absolute Gasteiger partial charge is 0.253 e. The van der Waals surface area contributed by atoms with Gasteiger partial charge in [0.2, 0.25) is 16.2 Å². The summed E-state index contributed by atoms with van der Waals surface area (Å²) in [5, 5.41) is 29.4. The van der Waals surface area contributed by atoms with Crippen LogP contribution in [0.2, 0.25) is 0 Å². The maximum Gasteiger partial charge on any atom is 0.253 e. The molecule has 1 unspecified atom stereocenters. The number of hydrogen-bond acceptors (Lipinski definition) is 11. The standard InChI is InChI=1S/C41H46N6O8S/c1-26-18-32(22-33-38(26)44-23-34(40(42)51)39(33)46-29-11-9-12-30(21-29)55-3)56(53,54)31-13-8-10-28(19-31)41(52)47(2)17-7-5-4-6-16-43-24-37(50)27-14-15-36(49)35(20-27)45-25-48/h8-15,18-23,25,37,43,49-50H,4-7,16-17,24H2,1-3H3,(H2,42,51)(H,44,46)(H,45,48). The number of nitrogens with two attached hydrogens (primary N) is 1. The van der Waals surface area contributed by atoms with Crippen LogP contribution < -0.4 is 26.4 Å². The fourth-order valence-electron chi connectivity index (χ4n) is 6.27. The molecule has 4 aromatic carbocycles. The molecule has 15 heteroatoms. The summed E-state index contributed by atoms with van der Waals surface area (Å²) in [6.45, 7) is 3.18. The number of nitrogens with zero attached hydrogens (tertiary/aromatic N) is 2. The molecule has 0 bridgehead atoms. The molecule has 5 rings (SSSR count). The van der Waals surface area contributed by atoms with E-state index in [0.29, 0.717) is 65.2 Å². The van der Waals surface area contributed by atoms with Gasteiger partial charge in [-0.05, 0) is 92.0 Å². The van der Waals surface area contributed by atoms with Crippen molar-refractivity contribution >= 4 is 56.0 Å². The molecular formula is C41H46N6O8S. The predicted octanol–water partition coefficient (Wildman–Crippen LogP) is 5.46. The Morgan fingerprint density at radius 3 is 2.50 bits per heavy atom. The number of fused-ring (bicyclic) bond motifs is 1. The number of aliphatic hydroxyl groups excluding tert-OH is 1. The molecule has 0 radical (unpaired) electrons. The van der Waals surface area contributed by atoms with Gasteiger partial charge in [-0.25, -0.2) is 8.42 Å². The average molecular weight is 783 g/mol. The van der Waals surface area contributed by atoms with Crippen LogP contribution in [0.3, 0.4) is 0 Å². The molecule has 0 saturated carbocycles. The summed E-state index contributed by atoms with van der Waals surface area (Å²) < 4.78 is 33.5. The van der Waals surface area contributed by atoms with E-state index >= 15 is 0 Å². The molecule has 56 heavy (non-hydrogen) atoms. The predicted molar refractivity (Wildman–Crippen MR) is 214 cm³/mol. The van der Waals surface area contributed by atoms with Crippen LogP contribution in [-0.2, 0) is 14.6 Å². The summed E-state index contributed by atoms with van der Waals surface area (Å²) in [5.74, 6) is -0.566. The van der Waals surface area contributed by atoms with Gasteiger partial charge in [0.25, 0.3) is 11.8 Å². The molecule has 0 aliphatic carbocycles. The fourth-order valence-corrected chi connectivity index (χ4v) is 7.69. The number of unbranched alkanes of at least 4 members (excludes halogenated alkanes) is 3. The average Bonchev–Trinajstić information content (AvgIpc) is 3.19. The number of sulfone groups is 1. The van der Waals surface area contributed by atoms with Crippen molar-refractivity contribution < 1.29 is 37.8 Å². The highest BCUT2D eigenvalue weighted by atomic mass is 32.2. The number of aromatic hydroxyl groups is 1. The number of methoxy groups -OCH3 is 1. The number of anilines is 3. The van der Waals surface area contributed by atoms with Crippen molar-refractivity contribution in [2.45, 2.75) is 48.5 Å². The van der Waals surface area contributed by atoms with Crippen LogP contribution in [0.25, 0.3) is 10.9 Å². The normalized spacial score (nSPS) is 11.9. The van der Waals surface area contributed by atoms with Gasteiger partial charge in [-0.1, -0.05) is 31.0 Å². The molecule has 7 N–H and O–H groups in total. The number of pyridine rings is 1. The number of carbonyl (C=O) groups is 3. The van der Waals surface area contributed by atoms with Crippen molar-refractivity contribution in [3.05, 3.63) is 107 Å². The van der Waals surface area contributed by atoms with Crippen molar-refractivity contribution in [3.8, 4) is 11.5 Å². The summed E-state index contributed by atoms with van der Waals surface area (Å²) in [5.41, 5.74) is 8.73. The van der Waals surface area contributed by atoms with E-state index in [1.165, 1.54) is 55.8 Å². The number of phenols is 1. The number of aliphatic hydroxyl groups is 1. The van der Waals surface area contributed by atoms with Crippen molar-refractivity contribution in [3.63, 3.8) is 0 Å². The number of hydrogen-bond donors (Lipinski definition) is 6. The number of aryl methyl sites for hydroxylation is 1. The van der Waals surface area contributed by atoms with E-state index in [1.54, 1.807) is 55.3 Å². The number of rotatable bonds is 19. The van der Waals surface area contributed by atoms with Crippen molar-refractivity contribution in [2.75, 3.05) is 44.4 Å². The van der Waals surface area contributed by atoms with Crippen molar-refractivity contribution in [1.82, 2.24) is 15.2 Å². The second kappa shape index (κ2) is 18.5. The van der Waals surface area contributed by atoms with Gasteiger partial charge in [0, 0.05) is 49.0 Å². The monoisotopic (exact) mass is 782 g/mol. The number of primary amides is 1. The number of amides is 3. The Balaban J connectivity index is 1.20. The Morgan fingerprint density at radius 1 is 0.982 bits per heavy atom. The van der Waals surface area contributed by atoms with Crippen LogP contribution in [0.1, 0.15) is 63.6 Å². The lowest BCUT2D eigenvalue weighted by Crippen LogP contribution is -2.28. The lowest BCUT2D eigenvalue weighted by molar-refractivity contribution is -0.105. The van der Waals surface area contributed by atoms with Gasteiger partial charge in [0.15, 0.2) is 0 Å². The van der Waals surface area contributed by atoms with Crippen LogP contribution >= 0.6 is 0 Å². The number of ether oxygens (including phenoxy) is 1. The third-order valence-electron chi connectivity index (χ3n) is 9.34. The minimum atomic E-state index is -4.14. The SMILES string of the molecule is COc1cccc(Nc2c(C(N)=O)cnc3c(C)cc(S(=O)(=O)c4cccc(C(=O)N(C)CCCCCCNCC(O)c5ccc(O)c(NC=O)c5)c4)cc23)c1. The van der Waals surface area contributed by atoms with E-state index in [-0.39, 0.29) is 38.3 Å². The second-order valence-corrected chi connectivity index (χ2v) is 15.3. The number of aromatic nitrogens is 1. The van der Waals surface area contributed by atoms with Gasteiger partial charge in [-0.15, -0.1) is 0 Å². The van der Waals surface area contributed by atoms with E-state index in [4.69, 9.17) is 10.5 Å². The third-order valence-corrected chi connectivity index (χ3v) is 11.1. The van der Waals surface area contributed by atoms with Crippen LogP contribution in [0.4, 0.5) is 17.1 Å². The number of phenolic OH excluding ortho intramolecular Hbond substituents is 1. The number of nitrogens with one attached hydrogen (secondary N) is 3. The Morgan fingerprint density at radius 2 is 1.75 bits per heavy atom. The van der Waals surface area contributed by atoms with Crippen LogP contribution in [-0.4, -0.2) is 80.5 Å². The zero-order chi connectivity index (χ0) is 40.4. The van der Waals surface area contributed by atoms with E-state index in [1.807, 2.05) is 0 Å². The first-order valence-corrected chi connectivity index (χ1v) is 19.5. The Hall–Kier alpha value is -6.03. The molecular weight excluding hydrogens is 737 g/mol. The number of carbonyl (C=O) groups excluding carboxylic acids is 3. The van der Waals surface area contributed by atoms with E-state index in [9.17, 15) is 33.0 Å². The van der Waals surface area contributed by atoms with Gasteiger partial charge in [0.1, 0.15) is 11.5 Å². The highest BCUT2D eigenvalue weighted by Gasteiger charge is 2.24. The minimum Gasteiger partial charge on any atom is -0.506 e. The zero-order valence-electron chi connectivity index (χ0n) is 31.4. The van der Waals surface area contributed by atoms with Gasteiger partial charge in [-0.3, -0.25) is 19.4 Å². The fraction of sp³-hybridized carbons (Fsp3) is 0.268. The lowest BCUT2D eigenvalue weighted by Gasteiger charge is -2.18. The maximum absolute atomic E-state index is 14.1. The van der Waals surface area contributed by atoms with Crippen LogP contribution in [0.5, 0.6) is 11.5 Å². The Bertz CT molecular complexity index is 2340.